The van der Waals surface area contributed by atoms with Crippen LogP contribution in [0, 0.1) is 0 Å². The number of hydrogen-bond donors (Lipinski definition) is 1. The van der Waals surface area contributed by atoms with Crippen LogP contribution in [0.25, 0.3) is 0 Å². The van der Waals surface area contributed by atoms with Gasteiger partial charge in [-0.25, -0.2) is 4.79 Å². The molecule has 0 bridgehead atoms. The molecule has 0 atom stereocenters. The molecule has 0 spiro atoms. The van der Waals surface area contributed by atoms with Crippen molar-refractivity contribution in [3.05, 3.63) is 65.7 Å². The number of nitrogens with two attached hydrogens (primary N) is 1. The van der Waals surface area contributed by atoms with E-state index in [0.29, 0.717) is 18.8 Å². The van der Waals surface area contributed by atoms with E-state index in [2.05, 4.69) is 0 Å². The maximum atomic E-state index is 12.3. The average molecular weight is 312 g/mol. The second-order valence-electron chi connectivity index (χ2n) is 5.11. The fourth-order valence-corrected chi connectivity index (χ4v) is 2.17. The lowest BCUT2D eigenvalue weighted by Gasteiger charge is -2.22. The van der Waals surface area contributed by atoms with Crippen LogP contribution >= 0.6 is 0 Å². The van der Waals surface area contributed by atoms with E-state index in [9.17, 15) is 9.59 Å². The molecule has 120 valence electrons. The van der Waals surface area contributed by atoms with Gasteiger partial charge in [0.25, 0.3) is 0 Å². The molecule has 5 nitrogen and oxygen atoms in total. The molecule has 2 N–H and O–H groups in total. The largest absolute Gasteiger partial charge is 0.459 e. The molecule has 0 saturated carbocycles. The van der Waals surface area contributed by atoms with Gasteiger partial charge in [0.15, 0.2) is 0 Å². The summed E-state index contributed by atoms with van der Waals surface area (Å²) in [5.41, 5.74) is 8.17. The lowest BCUT2D eigenvalue weighted by Crippen LogP contribution is -2.36. The first-order valence-corrected chi connectivity index (χ1v) is 7.44. The minimum Gasteiger partial charge on any atom is -0.459 e. The molecule has 0 unspecified atom stereocenters. The Bertz CT molecular complexity index is 654. The molecule has 0 aliphatic heterocycles. The zero-order chi connectivity index (χ0) is 16.7. The van der Waals surface area contributed by atoms with Crippen LogP contribution in [0.2, 0.25) is 0 Å². The van der Waals surface area contributed by atoms with E-state index in [1.807, 2.05) is 42.5 Å². The number of carbonyl (C=O) groups is 2. The number of hydrogen-bond acceptors (Lipinski definition) is 4. The number of nitrogen functional groups attached to an aromatic ring is 1. The Labute approximate surface area is 135 Å². The molecule has 0 aliphatic rings. The van der Waals surface area contributed by atoms with Crippen molar-refractivity contribution in [3.63, 3.8) is 0 Å². The van der Waals surface area contributed by atoms with E-state index in [1.54, 1.807) is 19.1 Å². The quantitative estimate of drug-likeness (QED) is 0.522. The van der Waals surface area contributed by atoms with Gasteiger partial charge in [-0.15, -0.1) is 0 Å². The summed E-state index contributed by atoms with van der Waals surface area (Å²) in [6.07, 6.45) is 0. The molecule has 2 rings (SSSR count). The molecule has 2 aromatic rings. The van der Waals surface area contributed by atoms with Gasteiger partial charge in [-0.3, -0.25) is 4.79 Å². The van der Waals surface area contributed by atoms with Crippen LogP contribution in [-0.2, 0) is 27.4 Å². The molecule has 5 heteroatoms. The van der Waals surface area contributed by atoms with Gasteiger partial charge < -0.3 is 15.4 Å². The van der Waals surface area contributed by atoms with Crippen LogP contribution in [0.15, 0.2) is 54.6 Å². The number of nitrogens with zero attached hydrogens (tertiary/aromatic N) is 1. The third-order valence-electron chi connectivity index (χ3n) is 3.31. The first-order chi connectivity index (χ1) is 11.1. The number of benzene rings is 2. The van der Waals surface area contributed by atoms with Crippen molar-refractivity contribution in [2.45, 2.75) is 20.0 Å². The van der Waals surface area contributed by atoms with Crippen molar-refractivity contribution >= 4 is 17.6 Å². The maximum absolute atomic E-state index is 12.3. The number of anilines is 1. The van der Waals surface area contributed by atoms with Crippen molar-refractivity contribution in [2.75, 3.05) is 12.3 Å². The van der Waals surface area contributed by atoms with Crippen molar-refractivity contribution in [2.24, 2.45) is 0 Å². The zero-order valence-electron chi connectivity index (χ0n) is 13.1. The summed E-state index contributed by atoms with van der Waals surface area (Å²) in [4.78, 5) is 25.6. The van der Waals surface area contributed by atoms with Crippen molar-refractivity contribution in [1.29, 1.82) is 0 Å². The van der Waals surface area contributed by atoms with E-state index in [4.69, 9.17) is 10.5 Å². The summed E-state index contributed by atoms with van der Waals surface area (Å²) in [5.74, 6) is -1.48. The molecule has 23 heavy (non-hydrogen) atoms. The first kappa shape index (κ1) is 16.5. The van der Waals surface area contributed by atoms with Crippen molar-refractivity contribution < 1.29 is 14.3 Å². The van der Waals surface area contributed by atoms with Crippen LogP contribution in [-0.4, -0.2) is 23.4 Å². The highest BCUT2D eigenvalue weighted by molar-refractivity contribution is 6.32. The summed E-state index contributed by atoms with van der Waals surface area (Å²) in [6.45, 7) is 2.49. The van der Waals surface area contributed by atoms with Gasteiger partial charge in [-0.05, 0) is 30.2 Å². The van der Waals surface area contributed by atoms with Crippen molar-refractivity contribution in [1.82, 2.24) is 4.90 Å². The summed E-state index contributed by atoms with van der Waals surface area (Å²) >= 11 is 0. The summed E-state index contributed by atoms with van der Waals surface area (Å²) < 4.78 is 4.83. The lowest BCUT2D eigenvalue weighted by atomic mass is 10.1. The van der Waals surface area contributed by atoms with E-state index >= 15 is 0 Å². The Hall–Kier alpha value is -2.82. The smallest absolute Gasteiger partial charge is 0.397 e. The van der Waals surface area contributed by atoms with Gasteiger partial charge >= 0.3 is 11.9 Å². The number of esters is 1. The maximum Gasteiger partial charge on any atom is 0.397 e. The SMILES string of the molecule is CCOC(=O)C(=O)N(Cc1ccccc1)Cc1ccc(N)cc1. The Morgan fingerprint density at radius 2 is 1.52 bits per heavy atom. The van der Waals surface area contributed by atoms with Gasteiger partial charge in [-0.2, -0.15) is 0 Å². The van der Waals surface area contributed by atoms with Gasteiger partial charge in [0.05, 0.1) is 6.61 Å². The molecule has 0 aromatic heterocycles. The Balaban J connectivity index is 2.18. The van der Waals surface area contributed by atoms with Crippen LogP contribution in [0.4, 0.5) is 5.69 Å². The molecular weight excluding hydrogens is 292 g/mol. The molecule has 0 aliphatic carbocycles. The average Bonchev–Trinajstić information content (AvgIpc) is 2.57. The van der Waals surface area contributed by atoms with E-state index in [-0.39, 0.29) is 6.61 Å². The fourth-order valence-electron chi connectivity index (χ4n) is 2.17. The minimum atomic E-state index is -0.834. The molecule has 0 saturated heterocycles. The lowest BCUT2D eigenvalue weighted by molar-refractivity contribution is -0.160. The number of ether oxygens (including phenoxy) is 1. The van der Waals surface area contributed by atoms with Crippen LogP contribution in [0.3, 0.4) is 0 Å². The predicted octanol–water partition coefficient (Wildman–Crippen LogP) is 2.36. The van der Waals surface area contributed by atoms with E-state index < -0.39 is 11.9 Å². The predicted molar refractivity (Wildman–Crippen MR) is 88.2 cm³/mol. The van der Waals surface area contributed by atoms with Gasteiger partial charge in [0.1, 0.15) is 0 Å². The second-order valence-corrected chi connectivity index (χ2v) is 5.11. The number of carbonyl (C=O) groups excluding carboxylic acids is 2. The molecule has 2 aromatic carbocycles. The number of amides is 1. The Kier molecular flexibility index (Phi) is 5.74. The molecule has 1 amide bonds. The van der Waals surface area contributed by atoms with E-state index in [1.165, 1.54) is 4.90 Å². The zero-order valence-corrected chi connectivity index (χ0v) is 13.1. The number of rotatable bonds is 5. The van der Waals surface area contributed by atoms with Crippen molar-refractivity contribution in [3.8, 4) is 0 Å². The highest BCUT2D eigenvalue weighted by Crippen LogP contribution is 2.13. The molecule has 0 fully saturated rings. The normalized spacial score (nSPS) is 10.1. The highest BCUT2D eigenvalue weighted by Gasteiger charge is 2.23. The van der Waals surface area contributed by atoms with Crippen LogP contribution in [0.5, 0.6) is 0 Å². The molecule has 0 radical (unpaired) electrons. The highest BCUT2D eigenvalue weighted by atomic mass is 16.5. The Morgan fingerprint density at radius 3 is 2.09 bits per heavy atom. The van der Waals surface area contributed by atoms with Crippen LogP contribution < -0.4 is 5.73 Å². The summed E-state index contributed by atoms with van der Waals surface area (Å²) in [6, 6.07) is 16.7. The van der Waals surface area contributed by atoms with Gasteiger partial charge in [0, 0.05) is 18.8 Å². The third-order valence-corrected chi connectivity index (χ3v) is 3.31. The third kappa shape index (κ3) is 4.85. The summed E-state index contributed by atoms with van der Waals surface area (Å²) in [7, 11) is 0. The molecular formula is C18H20N2O3. The minimum absolute atomic E-state index is 0.172. The first-order valence-electron chi connectivity index (χ1n) is 7.44. The monoisotopic (exact) mass is 312 g/mol. The van der Waals surface area contributed by atoms with Gasteiger partial charge in [0.2, 0.25) is 0 Å². The second kappa shape index (κ2) is 7.98. The Morgan fingerprint density at radius 1 is 0.957 bits per heavy atom. The molecule has 0 heterocycles. The standard InChI is InChI=1S/C18H20N2O3/c1-2-23-18(22)17(21)20(12-14-6-4-3-5-7-14)13-15-8-10-16(19)11-9-15/h3-11H,2,12-13,19H2,1H3. The van der Waals surface area contributed by atoms with Gasteiger partial charge in [-0.1, -0.05) is 42.5 Å². The van der Waals surface area contributed by atoms with E-state index in [0.717, 1.165) is 11.1 Å². The van der Waals surface area contributed by atoms with Crippen LogP contribution in [0.1, 0.15) is 18.1 Å². The fraction of sp³-hybridized carbons (Fsp3) is 0.222. The summed E-state index contributed by atoms with van der Waals surface area (Å²) in [5, 5.41) is 0. The topological polar surface area (TPSA) is 72.6 Å².